The minimum atomic E-state index is 0.0815. The topological polar surface area (TPSA) is 76.1 Å². The van der Waals surface area contributed by atoms with E-state index >= 15 is 0 Å². The molecule has 1 saturated heterocycles. The van der Waals surface area contributed by atoms with Gasteiger partial charge in [-0.15, -0.1) is 0 Å². The Bertz CT molecular complexity index is 1380. The van der Waals surface area contributed by atoms with E-state index in [1.54, 1.807) is 6.20 Å². The molecule has 0 aliphatic carbocycles. The van der Waals surface area contributed by atoms with Crippen molar-refractivity contribution in [1.29, 1.82) is 0 Å². The zero-order chi connectivity index (χ0) is 25.4. The van der Waals surface area contributed by atoms with Crippen molar-refractivity contribution < 1.29 is 4.74 Å². The van der Waals surface area contributed by atoms with Gasteiger partial charge in [0.1, 0.15) is 5.82 Å². The van der Waals surface area contributed by atoms with E-state index in [9.17, 15) is 0 Å². The Balaban J connectivity index is 1.51. The standard InChI is InChI=1S/C28H31ClN6O/c1-17-15-35(16-18(2)36-17)27-33-25(32-26(29)34-27)23-14-30-24(22-9-7-6-8-21(22)23)31-20-12-10-19(11-13-20)28(3,4)5/h6-14,17-18H,15-16H2,1-5H3,(H,30,31). The molecule has 0 spiro atoms. The molecule has 2 atom stereocenters. The number of nitrogens with zero attached hydrogens (tertiary/aromatic N) is 5. The van der Waals surface area contributed by atoms with E-state index < -0.39 is 0 Å². The predicted molar refractivity (Wildman–Crippen MR) is 146 cm³/mol. The summed E-state index contributed by atoms with van der Waals surface area (Å²) in [5, 5.41) is 5.59. The van der Waals surface area contributed by atoms with Crippen LogP contribution >= 0.6 is 11.6 Å². The maximum atomic E-state index is 6.37. The lowest BCUT2D eigenvalue weighted by Crippen LogP contribution is -2.46. The van der Waals surface area contributed by atoms with Crippen LogP contribution in [0.1, 0.15) is 40.2 Å². The molecule has 1 aliphatic heterocycles. The van der Waals surface area contributed by atoms with Crippen LogP contribution in [0, 0.1) is 0 Å². The van der Waals surface area contributed by atoms with Gasteiger partial charge in [0.05, 0.1) is 12.2 Å². The molecule has 7 nitrogen and oxygen atoms in total. The molecule has 0 radical (unpaired) electrons. The van der Waals surface area contributed by atoms with Gasteiger partial charge in [-0.25, -0.2) is 4.98 Å². The number of hydrogen-bond donors (Lipinski definition) is 1. The first-order chi connectivity index (χ1) is 17.2. The van der Waals surface area contributed by atoms with Gasteiger partial charge in [0, 0.05) is 35.9 Å². The van der Waals surface area contributed by atoms with Crippen molar-refractivity contribution in [3.05, 3.63) is 65.6 Å². The van der Waals surface area contributed by atoms with E-state index in [0.717, 1.165) is 27.8 Å². The number of morpholine rings is 1. The lowest BCUT2D eigenvalue weighted by atomic mass is 9.87. The summed E-state index contributed by atoms with van der Waals surface area (Å²) in [5.74, 6) is 1.83. The third-order valence-electron chi connectivity index (χ3n) is 6.35. The first-order valence-corrected chi connectivity index (χ1v) is 12.6. The molecule has 3 heterocycles. The SMILES string of the molecule is CC1CN(c2nc(Cl)nc(-c3cnc(Nc4ccc(C(C)(C)C)cc4)c4ccccc34)n2)CC(C)O1. The summed E-state index contributed by atoms with van der Waals surface area (Å²) >= 11 is 6.37. The fraction of sp³-hybridized carbons (Fsp3) is 0.357. The zero-order valence-electron chi connectivity index (χ0n) is 21.3. The molecule has 5 rings (SSSR count). The number of ether oxygens (including phenoxy) is 1. The summed E-state index contributed by atoms with van der Waals surface area (Å²) in [5.41, 5.74) is 3.17. The molecule has 8 heteroatoms. The van der Waals surface area contributed by atoms with Crippen LogP contribution in [-0.2, 0) is 10.2 Å². The van der Waals surface area contributed by atoms with Gasteiger partial charge in [0.15, 0.2) is 5.82 Å². The molecule has 1 fully saturated rings. The van der Waals surface area contributed by atoms with E-state index in [0.29, 0.717) is 24.9 Å². The molecule has 4 aromatic rings. The van der Waals surface area contributed by atoms with Gasteiger partial charge in [0.25, 0.3) is 0 Å². The van der Waals surface area contributed by atoms with Gasteiger partial charge in [-0.05, 0) is 53.9 Å². The Hall–Kier alpha value is -3.29. The molecule has 0 amide bonds. The van der Waals surface area contributed by atoms with Gasteiger partial charge in [-0.1, -0.05) is 57.2 Å². The summed E-state index contributed by atoms with van der Waals surface area (Å²) in [6, 6.07) is 16.6. The van der Waals surface area contributed by atoms with E-state index in [4.69, 9.17) is 26.3 Å². The van der Waals surface area contributed by atoms with E-state index in [1.165, 1.54) is 5.56 Å². The van der Waals surface area contributed by atoms with E-state index in [2.05, 4.69) is 71.3 Å². The number of pyridine rings is 1. The molecular formula is C28H31ClN6O. The lowest BCUT2D eigenvalue weighted by Gasteiger charge is -2.35. The fourth-order valence-electron chi connectivity index (χ4n) is 4.60. The predicted octanol–water partition coefficient (Wildman–Crippen LogP) is 6.39. The fourth-order valence-corrected chi connectivity index (χ4v) is 4.76. The highest BCUT2D eigenvalue weighted by Gasteiger charge is 2.25. The Morgan fingerprint density at radius 2 is 1.58 bits per heavy atom. The summed E-state index contributed by atoms with van der Waals surface area (Å²) in [7, 11) is 0. The average Bonchev–Trinajstić information content (AvgIpc) is 2.83. The second kappa shape index (κ2) is 9.64. The van der Waals surface area contributed by atoms with E-state index in [1.807, 2.05) is 32.0 Å². The third-order valence-corrected chi connectivity index (χ3v) is 6.52. The Labute approximate surface area is 216 Å². The summed E-state index contributed by atoms with van der Waals surface area (Å²) in [4.78, 5) is 20.5. The van der Waals surface area contributed by atoms with Crippen LogP contribution in [0.3, 0.4) is 0 Å². The highest BCUT2D eigenvalue weighted by atomic mass is 35.5. The van der Waals surface area contributed by atoms with Gasteiger partial charge < -0.3 is 15.0 Å². The lowest BCUT2D eigenvalue weighted by molar-refractivity contribution is -0.00572. The number of anilines is 3. The number of hydrogen-bond acceptors (Lipinski definition) is 7. The van der Waals surface area contributed by atoms with E-state index in [-0.39, 0.29) is 22.9 Å². The van der Waals surface area contributed by atoms with Crippen molar-refractivity contribution in [2.75, 3.05) is 23.3 Å². The molecule has 2 aromatic heterocycles. The number of rotatable bonds is 4. The van der Waals surface area contributed by atoms with Gasteiger partial charge in [0.2, 0.25) is 11.2 Å². The van der Waals surface area contributed by atoms with Crippen LogP contribution in [0.15, 0.2) is 54.7 Å². The van der Waals surface area contributed by atoms with Crippen LogP contribution in [0.4, 0.5) is 17.5 Å². The quantitative estimate of drug-likeness (QED) is 0.346. The zero-order valence-corrected chi connectivity index (χ0v) is 22.0. The molecule has 1 N–H and O–H groups in total. The minimum absolute atomic E-state index is 0.0815. The maximum Gasteiger partial charge on any atom is 0.230 e. The molecule has 0 saturated carbocycles. The molecule has 36 heavy (non-hydrogen) atoms. The smallest absolute Gasteiger partial charge is 0.230 e. The van der Waals surface area contributed by atoms with Crippen LogP contribution in [-0.4, -0.2) is 45.2 Å². The molecule has 2 aromatic carbocycles. The number of nitrogens with one attached hydrogen (secondary N) is 1. The van der Waals surface area contributed by atoms with Crippen molar-refractivity contribution in [2.24, 2.45) is 0 Å². The number of benzene rings is 2. The van der Waals surface area contributed by atoms with Crippen molar-refractivity contribution in [3.63, 3.8) is 0 Å². The molecule has 2 unspecified atom stereocenters. The second-order valence-electron chi connectivity index (χ2n) is 10.4. The van der Waals surface area contributed by atoms with Crippen LogP contribution in [0.5, 0.6) is 0 Å². The van der Waals surface area contributed by atoms with Crippen molar-refractivity contribution >= 4 is 39.8 Å². The minimum Gasteiger partial charge on any atom is -0.372 e. The number of fused-ring (bicyclic) bond motifs is 1. The highest BCUT2D eigenvalue weighted by molar-refractivity contribution is 6.28. The molecule has 0 bridgehead atoms. The third kappa shape index (κ3) is 5.13. The monoisotopic (exact) mass is 502 g/mol. The number of aromatic nitrogens is 4. The summed E-state index contributed by atoms with van der Waals surface area (Å²) in [6.07, 6.45) is 1.96. The van der Waals surface area contributed by atoms with Crippen LogP contribution in [0.2, 0.25) is 5.28 Å². The first-order valence-electron chi connectivity index (χ1n) is 12.2. The van der Waals surface area contributed by atoms with Gasteiger partial charge in [-0.2, -0.15) is 15.0 Å². The van der Waals surface area contributed by atoms with Crippen molar-refractivity contribution in [2.45, 2.75) is 52.2 Å². The molecule has 186 valence electrons. The summed E-state index contributed by atoms with van der Waals surface area (Å²) in [6.45, 7) is 12.1. The average molecular weight is 503 g/mol. The van der Waals surface area contributed by atoms with Crippen molar-refractivity contribution in [3.8, 4) is 11.4 Å². The summed E-state index contributed by atoms with van der Waals surface area (Å²) < 4.78 is 5.86. The molecular weight excluding hydrogens is 472 g/mol. The van der Waals surface area contributed by atoms with Crippen LogP contribution in [0.25, 0.3) is 22.2 Å². The van der Waals surface area contributed by atoms with Gasteiger partial charge in [-0.3, -0.25) is 0 Å². The maximum absolute atomic E-state index is 6.37. The largest absolute Gasteiger partial charge is 0.372 e. The Kier molecular flexibility index (Phi) is 6.53. The Morgan fingerprint density at radius 1 is 0.917 bits per heavy atom. The van der Waals surface area contributed by atoms with Gasteiger partial charge >= 0.3 is 0 Å². The Morgan fingerprint density at radius 3 is 2.25 bits per heavy atom. The highest BCUT2D eigenvalue weighted by Crippen LogP contribution is 2.33. The van der Waals surface area contributed by atoms with Crippen LogP contribution < -0.4 is 10.2 Å². The van der Waals surface area contributed by atoms with Crippen molar-refractivity contribution in [1.82, 2.24) is 19.9 Å². The first kappa shape index (κ1) is 24.4. The normalized spacial score (nSPS) is 18.4. The number of halogens is 1. The molecule has 1 aliphatic rings. The second-order valence-corrected chi connectivity index (χ2v) is 10.7.